The number of rotatable bonds is 7. The molecule has 128 valence electrons. The van der Waals surface area contributed by atoms with Crippen LogP contribution in [-0.4, -0.2) is 18.0 Å². The van der Waals surface area contributed by atoms with Crippen molar-refractivity contribution >= 4 is 18.3 Å². The van der Waals surface area contributed by atoms with Crippen molar-refractivity contribution in [2.45, 2.75) is 31.4 Å². The van der Waals surface area contributed by atoms with Crippen LogP contribution in [0, 0.1) is 0 Å². The molecule has 3 rings (SSSR count). The van der Waals surface area contributed by atoms with Crippen LogP contribution >= 0.6 is 12.4 Å². The third-order valence-electron chi connectivity index (χ3n) is 4.11. The van der Waals surface area contributed by atoms with Crippen LogP contribution in [0.1, 0.15) is 24.0 Å². The van der Waals surface area contributed by atoms with Gasteiger partial charge in [0.1, 0.15) is 12.4 Å². The van der Waals surface area contributed by atoms with Crippen LogP contribution < -0.4 is 15.8 Å². The second-order valence-electron chi connectivity index (χ2n) is 6.08. The summed E-state index contributed by atoms with van der Waals surface area (Å²) < 4.78 is 5.76. The molecule has 0 radical (unpaired) electrons. The first-order valence-corrected chi connectivity index (χ1v) is 7.99. The molecule has 0 bridgehead atoms. The number of carbonyl (C=O) groups is 1. The Kier molecular flexibility index (Phi) is 6.23. The van der Waals surface area contributed by atoms with E-state index in [1.807, 2.05) is 54.6 Å². The SMILES string of the molecule is Cl.NC1(C(=O)NCCc2ccc(OCc3ccccc3)cc2)CC1. The van der Waals surface area contributed by atoms with Gasteiger partial charge in [-0.25, -0.2) is 0 Å². The minimum atomic E-state index is -0.588. The van der Waals surface area contributed by atoms with Gasteiger partial charge in [0.25, 0.3) is 0 Å². The van der Waals surface area contributed by atoms with E-state index in [-0.39, 0.29) is 18.3 Å². The number of nitrogens with two attached hydrogens (primary N) is 1. The molecule has 1 aliphatic carbocycles. The third kappa shape index (κ3) is 4.98. The van der Waals surface area contributed by atoms with E-state index in [1.54, 1.807) is 0 Å². The van der Waals surface area contributed by atoms with E-state index in [0.717, 1.165) is 30.6 Å². The lowest BCUT2D eigenvalue weighted by Gasteiger charge is -2.10. The zero-order chi connectivity index (χ0) is 16.1. The number of ether oxygens (including phenoxy) is 1. The molecule has 0 heterocycles. The monoisotopic (exact) mass is 346 g/mol. The van der Waals surface area contributed by atoms with Gasteiger partial charge in [0.15, 0.2) is 0 Å². The van der Waals surface area contributed by atoms with Crippen molar-refractivity contribution in [1.82, 2.24) is 5.32 Å². The Labute approximate surface area is 148 Å². The summed E-state index contributed by atoms with van der Waals surface area (Å²) >= 11 is 0. The van der Waals surface area contributed by atoms with Gasteiger partial charge in [-0.05, 0) is 42.5 Å². The second kappa shape index (κ2) is 8.18. The molecular weight excluding hydrogens is 324 g/mol. The molecule has 0 unspecified atom stereocenters. The highest BCUT2D eigenvalue weighted by molar-refractivity contribution is 5.88. The molecule has 5 heteroatoms. The van der Waals surface area contributed by atoms with Crippen molar-refractivity contribution in [1.29, 1.82) is 0 Å². The maximum absolute atomic E-state index is 11.7. The summed E-state index contributed by atoms with van der Waals surface area (Å²) in [4.78, 5) is 11.7. The quantitative estimate of drug-likeness (QED) is 0.810. The summed E-state index contributed by atoms with van der Waals surface area (Å²) in [7, 11) is 0. The molecule has 0 atom stereocenters. The molecule has 0 saturated heterocycles. The fourth-order valence-corrected chi connectivity index (χ4v) is 2.35. The normalized spacial score (nSPS) is 14.4. The molecule has 1 amide bonds. The number of hydrogen-bond donors (Lipinski definition) is 2. The summed E-state index contributed by atoms with van der Waals surface area (Å²) in [5, 5.41) is 2.90. The van der Waals surface area contributed by atoms with Crippen molar-refractivity contribution in [2.24, 2.45) is 5.73 Å². The number of benzene rings is 2. The smallest absolute Gasteiger partial charge is 0.240 e. The van der Waals surface area contributed by atoms with Gasteiger partial charge in [0.2, 0.25) is 5.91 Å². The van der Waals surface area contributed by atoms with E-state index in [0.29, 0.717) is 13.2 Å². The lowest BCUT2D eigenvalue weighted by Crippen LogP contribution is -2.43. The van der Waals surface area contributed by atoms with Crippen molar-refractivity contribution in [2.75, 3.05) is 6.54 Å². The van der Waals surface area contributed by atoms with Crippen molar-refractivity contribution in [3.63, 3.8) is 0 Å². The first kappa shape index (κ1) is 18.3. The summed E-state index contributed by atoms with van der Waals surface area (Å²) in [6, 6.07) is 18.1. The average Bonchev–Trinajstić information content (AvgIpc) is 3.34. The zero-order valence-corrected chi connectivity index (χ0v) is 14.4. The molecule has 3 N–H and O–H groups in total. The van der Waals surface area contributed by atoms with Gasteiger partial charge in [-0.2, -0.15) is 0 Å². The van der Waals surface area contributed by atoms with Gasteiger partial charge in [-0.3, -0.25) is 4.79 Å². The van der Waals surface area contributed by atoms with E-state index in [9.17, 15) is 4.79 Å². The van der Waals surface area contributed by atoms with Gasteiger partial charge < -0.3 is 15.8 Å². The van der Waals surface area contributed by atoms with Gasteiger partial charge in [-0.15, -0.1) is 12.4 Å². The minimum absolute atomic E-state index is 0. The fourth-order valence-electron chi connectivity index (χ4n) is 2.35. The second-order valence-corrected chi connectivity index (χ2v) is 6.08. The standard InChI is InChI=1S/C19H22N2O2.ClH/c20-19(11-12-19)18(22)21-13-10-15-6-8-17(9-7-15)23-14-16-4-2-1-3-5-16;/h1-9H,10-14,20H2,(H,21,22);1H. The summed E-state index contributed by atoms with van der Waals surface area (Å²) in [6.07, 6.45) is 2.39. The lowest BCUT2D eigenvalue weighted by atomic mass is 10.1. The first-order chi connectivity index (χ1) is 11.2. The summed E-state index contributed by atoms with van der Waals surface area (Å²) in [6.45, 7) is 1.18. The van der Waals surface area contributed by atoms with Crippen LogP contribution in [-0.2, 0) is 17.8 Å². The van der Waals surface area contributed by atoms with Gasteiger partial charge in [-0.1, -0.05) is 42.5 Å². The Morgan fingerprint density at radius 3 is 2.33 bits per heavy atom. The first-order valence-electron chi connectivity index (χ1n) is 7.99. The Morgan fingerprint density at radius 2 is 1.71 bits per heavy atom. The number of halogens is 1. The maximum Gasteiger partial charge on any atom is 0.240 e. The van der Waals surface area contributed by atoms with Crippen LogP contribution in [0.2, 0.25) is 0 Å². The third-order valence-corrected chi connectivity index (χ3v) is 4.11. The average molecular weight is 347 g/mol. The van der Waals surface area contributed by atoms with E-state index >= 15 is 0 Å². The van der Waals surface area contributed by atoms with Crippen LogP contribution in [0.3, 0.4) is 0 Å². The number of carbonyl (C=O) groups excluding carboxylic acids is 1. The molecule has 0 aromatic heterocycles. The number of amides is 1. The summed E-state index contributed by atoms with van der Waals surface area (Å²) in [5.74, 6) is 0.820. The molecule has 1 fully saturated rings. The van der Waals surface area contributed by atoms with Crippen LogP contribution in [0.25, 0.3) is 0 Å². The molecule has 24 heavy (non-hydrogen) atoms. The molecule has 0 spiro atoms. The fraction of sp³-hybridized carbons (Fsp3) is 0.316. The number of nitrogens with one attached hydrogen (secondary N) is 1. The molecule has 4 nitrogen and oxygen atoms in total. The van der Waals surface area contributed by atoms with Gasteiger partial charge in [0.05, 0.1) is 5.54 Å². The molecule has 1 aliphatic rings. The van der Waals surface area contributed by atoms with Crippen LogP contribution in [0.5, 0.6) is 5.75 Å². The predicted octanol–water partition coefficient (Wildman–Crippen LogP) is 2.84. The highest BCUT2D eigenvalue weighted by Crippen LogP contribution is 2.31. The maximum atomic E-state index is 11.7. The van der Waals surface area contributed by atoms with E-state index in [1.165, 1.54) is 5.56 Å². The van der Waals surface area contributed by atoms with Crippen molar-refractivity contribution in [3.8, 4) is 5.75 Å². The largest absolute Gasteiger partial charge is 0.489 e. The Hall–Kier alpha value is -2.04. The Bertz CT molecular complexity index is 655. The van der Waals surface area contributed by atoms with Crippen LogP contribution in [0.15, 0.2) is 54.6 Å². The molecule has 1 saturated carbocycles. The molecule has 2 aromatic rings. The topological polar surface area (TPSA) is 64.4 Å². The molecule has 0 aliphatic heterocycles. The Balaban J connectivity index is 0.00000208. The van der Waals surface area contributed by atoms with E-state index < -0.39 is 5.54 Å². The highest BCUT2D eigenvalue weighted by atomic mass is 35.5. The molecule has 2 aromatic carbocycles. The van der Waals surface area contributed by atoms with E-state index in [2.05, 4.69) is 5.32 Å². The minimum Gasteiger partial charge on any atom is -0.489 e. The van der Waals surface area contributed by atoms with Crippen molar-refractivity contribution in [3.05, 3.63) is 65.7 Å². The van der Waals surface area contributed by atoms with Gasteiger partial charge >= 0.3 is 0 Å². The van der Waals surface area contributed by atoms with Crippen molar-refractivity contribution < 1.29 is 9.53 Å². The number of hydrogen-bond acceptors (Lipinski definition) is 3. The summed E-state index contributed by atoms with van der Waals surface area (Å²) in [5.41, 5.74) is 7.57. The van der Waals surface area contributed by atoms with Gasteiger partial charge in [0, 0.05) is 6.54 Å². The molecular formula is C19H23ClN2O2. The lowest BCUT2D eigenvalue weighted by molar-refractivity contribution is -0.123. The zero-order valence-electron chi connectivity index (χ0n) is 13.5. The highest BCUT2D eigenvalue weighted by Gasteiger charge is 2.45. The predicted molar refractivity (Wildman–Crippen MR) is 97.3 cm³/mol. The Morgan fingerprint density at radius 1 is 1.04 bits per heavy atom. The van der Waals surface area contributed by atoms with E-state index in [4.69, 9.17) is 10.5 Å². The van der Waals surface area contributed by atoms with Crippen LogP contribution in [0.4, 0.5) is 0 Å².